The molecule has 5 heteroatoms. The fourth-order valence-electron chi connectivity index (χ4n) is 2.59. The van der Waals surface area contributed by atoms with Gasteiger partial charge < -0.3 is 9.67 Å². The van der Waals surface area contributed by atoms with Gasteiger partial charge in [-0.3, -0.25) is 4.79 Å². The van der Waals surface area contributed by atoms with Crippen molar-refractivity contribution in [3.63, 3.8) is 0 Å². The first-order valence-electron chi connectivity index (χ1n) is 7.71. The SMILES string of the molecule is O=C(O)CCc1nc(-c2ccccc2)n(Cc2ccccc2)c1Cl. The molecule has 0 aliphatic rings. The molecule has 1 N–H and O–H groups in total. The van der Waals surface area contributed by atoms with E-state index in [1.165, 1.54) is 0 Å². The summed E-state index contributed by atoms with van der Waals surface area (Å²) in [5.74, 6) is -0.102. The number of carboxylic acids is 1. The molecule has 0 amide bonds. The Labute approximate surface area is 145 Å². The molecular weight excluding hydrogens is 324 g/mol. The fraction of sp³-hybridized carbons (Fsp3) is 0.158. The van der Waals surface area contributed by atoms with Gasteiger partial charge in [-0.15, -0.1) is 0 Å². The summed E-state index contributed by atoms with van der Waals surface area (Å²) in [5.41, 5.74) is 2.68. The maximum Gasteiger partial charge on any atom is 0.303 e. The van der Waals surface area contributed by atoms with E-state index in [2.05, 4.69) is 4.98 Å². The van der Waals surface area contributed by atoms with Gasteiger partial charge in [0.15, 0.2) is 0 Å². The van der Waals surface area contributed by atoms with Crippen LogP contribution in [0.15, 0.2) is 60.7 Å². The number of nitrogens with zero attached hydrogens (tertiary/aromatic N) is 2. The summed E-state index contributed by atoms with van der Waals surface area (Å²) in [4.78, 5) is 15.5. The normalized spacial score (nSPS) is 10.7. The van der Waals surface area contributed by atoms with Crippen molar-refractivity contribution in [2.75, 3.05) is 0 Å². The van der Waals surface area contributed by atoms with Gasteiger partial charge in [0.2, 0.25) is 0 Å². The minimum Gasteiger partial charge on any atom is -0.481 e. The molecule has 122 valence electrons. The molecular formula is C19H17ClN2O2. The van der Waals surface area contributed by atoms with E-state index < -0.39 is 5.97 Å². The molecule has 0 radical (unpaired) electrons. The van der Waals surface area contributed by atoms with Crippen molar-refractivity contribution >= 4 is 17.6 Å². The number of aromatic nitrogens is 2. The lowest BCUT2D eigenvalue weighted by Gasteiger charge is -2.09. The predicted molar refractivity (Wildman–Crippen MR) is 94.2 cm³/mol. The van der Waals surface area contributed by atoms with Gasteiger partial charge in [0.1, 0.15) is 11.0 Å². The molecule has 3 aromatic rings. The van der Waals surface area contributed by atoms with Crippen LogP contribution in [0.2, 0.25) is 5.15 Å². The van der Waals surface area contributed by atoms with Crippen LogP contribution < -0.4 is 0 Å². The largest absolute Gasteiger partial charge is 0.481 e. The highest BCUT2D eigenvalue weighted by Crippen LogP contribution is 2.28. The summed E-state index contributed by atoms with van der Waals surface area (Å²) in [6, 6.07) is 19.8. The van der Waals surface area contributed by atoms with Crippen LogP contribution in [0.3, 0.4) is 0 Å². The maximum atomic E-state index is 10.9. The van der Waals surface area contributed by atoms with Crippen molar-refractivity contribution < 1.29 is 9.90 Å². The number of aryl methyl sites for hydroxylation is 1. The number of halogens is 1. The van der Waals surface area contributed by atoms with Gasteiger partial charge in [-0.2, -0.15) is 0 Å². The molecule has 0 fully saturated rings. The average Bonchev–Trinajstić information content (AvgIpc) is 2.91. The molecule has 0 atom stereocenters. The monoisotopic (exact) mass is 340 g/mol. The third-order valence-corrected chi connectivity index (χ3v) is 4.18. The predicted octanol–water partition coefficient (Wildman–Crippen LogP) is 4.27. The average molecular weight is 341 g/mol. The number of carbonyl (C=O) groups is 1. The Kier molecular flexibility index (Phi) is 4.96. The number of imidazole rings is 1. The van der Waals surface area contributed by atoms with E-state index in [9.17, 15) is 4.79 Å². The molecule has 0 spiro atoms. The van der Waals surface area contributed by atoms with Crippen LogP contribution in [-0.2, 0) is 17.8 Å². The van der Waals surface area contributed by atoms with E-state index in [-0.39, 0.29) is 6.42 Å². The number of benzene rings is 2. The Hall–Kier alpha value is -2.59. The van der Waals surface area contributed by atoms with Crippen molar-refractivity contribution in [2.45, 2.75) is 19.4 Å². The zero-order valence-electron chi connectivity index (χ0n) is 13.0. The Morgan fingerprint density at radius 2 is 1.67 bits per heavy atom. The maximum absolute atomic E-state index is 10.9. The quantitative estimate of drug-likeness (QED) is 0.729. The van der Waals surface area contributed by atoms with Crippen LogP contribution in [0, 0.1) is 0 Å². The molecule has 0 aliphatic carbocycles. The van der Waals surface area contributed by atoms with Gasteiger partial charge >= 0.3 is 5.97 Å². The Morgan fingerprint density at radius 1 is 1.04 bits per heavy atom. The van der Waals surface area contributed by atoms with Gasteiger partial charge in [-0.1, -0.05) is 72.3 Å². The minimum atomic E-state index is -0.857. The van der Waals surface area contributed by atoms with E-state index in [1.54, 1.807) is 0 Å². The molecule has 2 aromatic carbocycles. The molecule has 24 heavy (non-hydrogen) atoms. The van der Waals surface area contributed by atoms with Crippen molar-refractivity contribution in [1.82, 2.24) is 9.55 Å². The second-order valence-corrected chi connectivity index (χ2v) is 5.86. The lowest BCUT2D eigenvalue weighted by molar-refractivity contribution is -0.136. The van der Waals surface area contributed by atoms with Crippen LogP contribution >= 0.6 is 11.6 Å². The van der Waals surface area contributed by atoms with Crippen molar-refractivity contribution in [3.8, 4) is 11.4 Å². The van der Waals surface area contributed by atoms with E-state index in [1.807, 2.05) is 65.2 Å². The smallest absolute Gasteiger partial charge is 0.303 e. The first-order chi connectivity index (χ1) is 11.6. The van der Waals surface area contributed by atoms with Gasteiger partial charge in [-0.25, -0.2) is 4.98 Å². The second kappa shape index (κ2) is 7.32. The standard InChI is InChI=1S/C19H17ClN2O2/c20-18-16(11-12-17(23)24)21-19(15-9-5-2-6-10-15)22(18)13-14-7-3-1-4-8-14/h1-10H,11-13H2,(H,23,24). The first kappa shape index (κ1) is 16.3. The summed E-state index contributed by atoms with van der Waals surface area (Å²) in [6.07, 6.45) is 0.325. The Morgan fingerprint density at radius 3 is 2.29 bits per heavy atom. The first-order valence-corrected chi connectivity index (χ1v) is 8.09. The number of hydrogen-bond donors (Lipinski definition) is 1. The van der Waals surface area contributed by atoms with E-state index >= 15 is 0 Å². The summed E-state index contributed by atoms with van der Waals surface area (Å²) < 4.78 is 1.93. The van der Waals surface area contributed by atoms with Crippen molar-refractivity contribution in [3.05, 3.63) is 77.1 Å². The van der Waals surface area contributed by atoms with Crippen molar-refractivity contribution in [1.29, 1.82) is 0 Å². The molecule has 1 heterocycles. The molecule has 3 rings (SSSR count). The summed E-state index contributed by atoms with van der Waals surface area (Å²) in [6.45, 7) is 0.587. The minimum absolute atomic E-state index is 0.0102. The molecule has 4 nitrogen and oxygen atoms in total. The van der Waals surface area contributed by atoms with E-state index in [0.717, 1.165) is 17.0 Å². The van der Waals surface area contributed by atoms with E-state index in [0.29, 0.717) is 23.8 Å². The summed E-state index contributed by atoms with van der Waals surface area (Å²) >= 11 is 6.52. The molecule has 0 saturated carbocycles. The number of hydrogen-bond acceptors (Lipinski definition) is 2. The van der Waals surface area contributed by atoms with Crippen LogP contribution in [0.25, 0.3) is 11.4 Å². The Balaban J connectivity index is 2.02. The topological polar surface area (TPSA) is 55.1 Å². The highest BCUT2D eigenvalue weighted by molar-refractivity contribution is 6.30. The van der Waals surface area contributed by atoms with Gasteiger partial charge in [0, 0.05) is 12.0 Å². The number of aliphatic carboxylic acids is 1. The molecule has 0 saturated heterocycles. The van der Waals surface area contributed by atoms with Crippen LogP contribution in [0.5, 0.6) is 0 Å². The van der Waals surface area contributed by atoms with E-state index in [4.69, 9.17) is 16.7 Å². The zero-order valence-corrected chi connectivity index (χ0v) is 13.8. The lowest BCUT2D eigenvalue weighted by atomic mass is 10.2. The molecule has 0 unspecified atom stereocenters. The second-order valence-electron chi connectivity index (χ2n) is 5.50. The lowest BCUT2D eigenvalue weighted by Crippen LogP contribution is -2.02. The van der Waals surface area contributed by atoms with Gasteiger partial charge in [0.05, 0.1) is 18.7 Å². The van der Waals surface area contributed by atoms with Gasteiger partial charge in [-0.05, 0) is 5.56 Å². The summed E-state index contributed by atoms with van der Waals surface area (Å²) in [5, 5.41) is 9.42. The van der Waals surface area contributed by atoms with Crippen molar-refractivity contribution in [2.24, 2.45) is 0 Å². The molecule has 0 aliphatic heterocycles. The molecule has 0 bridgehead atoms. The summed E-state index contributed by atoms with van der Waals surface area (Å²) in [7, 11) is 0. The fourth-order valence-corrected chi connectivity index (χ4v) is 2.86. The van der Waals surface area contributed by atoms with Gasteiger partial charge in [0.25, 0.3) is 0 Å². The Bertz CT molecular complexity index is 829. The highest BCUT2D eigenvalue weighted by Gasteiger charge is 2.17. The third-order valence-electron chi connectivity index (χ3n) is 3.76. The van der Waals surface area contributed by atoms with Crippen LogP contribution in [0.1, 0.15) is 17.7 Å². The number of carboxylic acid groups (broad SMARTS) is 1. The third kappa shape index (κ3) is 3.66. The van der Waals surface area contributed by atoms with Crippen LogP contribution in [0.4, 0.5) is 0 Å². The zero-order chi connectivity index (χ0) is 16.9. The highest BCUT2D eigenvalue weighted by atomic mass is 35.5. The number of rotatable bonds is 6. The molecule has 1 aromatic heterocycles. The van der Waals surface area contributed by atoms with Crippen LogP contribution in [-0.4, -0.2) is 20.6 Å².